The van der Waals surface area contributed by atoms with E-state index in [9.17, 15) is 19.1 Å². The Hall–Kier alpha value is -2.70. The summed E-state index contributed by atoms with van der Waals surface area (Å²) in [5.41, 5.74) is -0.595. The van der Waals surface area contributed by atoms with Crippen LogP contribution in [0.1, 0.15) is 21.9 Å². The normalized spacial score (nSPS) is 10.3. The first kappa shape index (κ1) is 13.7. The highest BCUT2D eigenvalue weighted by molar-refractivity contribution is 5.89. The zero-order valence-electron chi connectivity index (χ0n) is 10.5. The number of esters is 1. The minimum Gasteiger partial charge on any atom is -0.501 e. The van der Waals surface area contributed by atoms with Crippen LogP contribution in [0.15, 0.2) is 29.1 Å². The molecule has 0 saturated carbocycles. The van der Waals surface area contributed by atoms with Crippen molar-refractivity contribution in [1.82, 2.24) is 9.97 Å². The van der Waals surface area contributed by atoms with E-state index in [1.807, 2.05) is 0 Å². The molecule has 0 aliphatic rings. The average Bonchev–Trinajstić information content (AvgIpc) is 2.44. The lowest BCUT2D eigenvalue weighted by Crippen LogP contribution is -2.18. The van der Waals surface area contributed by atoms with Crippen LogP contribution in [0.4, 0.5) is 4.39 Å². The Labute approximate surface area is 112 Å². The quantitative estimate of drug-likeness (QED) is 0.817. The monoisotopic (exact) mass is 278 g/mol. The first-order valence-electron chi connectivity index (χ1n) is 5.66. The van der Waals surface area contributed by atoms with Gasteiger partial charge >= 0.3 is 5.97 Å². The summed E-state index contributed by atoms with van der Waals surface area (Å²) < 4.78 is 17.2. The summed E-state index contributed by atoms with van der Waals surface area (Å²) in [7, 11) is 1.12. The van der Waals surface area contributed by atoms with E-state index in [4.69, 9.17) is 0 Å². The SMILES string of the molecule is COC(=O)c1nc(Cc2ccc(F)cc2)[nH]c(=O)c1O. The molecule has 0 saturated heterocycles. The molecular weight excluding hydrogens is 267 g/mol. The third-order valence-electron chi connectivity index (χ3n) is 2.61. The van der Waals surface area contributed by atoms with Gasteiger partial charge in [0.15, 0.2) is 5.69 Å². The molecule has 0 atom stereocenters. The molecule has 2 rings (SSSR count). The van der Waals surface area contributed by atoms with Crippen LogP contribution in [0.25, 0.3) is 0 Å². The second kappa shape index (κ2) is 5.52. The number of hydrogen-bond donors (Lipinski definition) is 2. The molecule has 0 aliphatic carbocycles. The maximum absolute atomic E-state index is 12.8. The van der Waals surface area contributed by atoms with Gasteiger partial charge in [-0.1, -0.05) is 12.1 Å². The number of aromatic hydroxyl groups is 1. The summed E-state index contributed by atoms with van der Waals surface area (Å²) >= 11 is 0. The van der Waals surface area contributed by atoms with Gasteiger partial charge in [0, 0.05) is 6.42 Å². The van der Waals surface area contributed by atoms with Gasteiger partial charge < -0.3 is 14.8 Å². The molecule has 20 heavy (non-hydrogen) atoms. The van der Waals surface area contributed by atoms with Crippen LogP contribution in [0.5, 0.6) is 5.75 Å². The van der Waals surface area contributed by atoms with E-state index in [2.05, 4.69) is 14.7 Å². The van der Waals surface area contributed by atoms with Gasteiger partial charge in [0.2, 0.25) is 5.75 Å². The number of rotatable bonds is 3. The number of carbonyl (C=O) groups is 1. The summed E-state index contributed by atoms with van der Waals surface area (Å²) in [6.45, 7) is 0. The largest absolute Gasteiger partial charge is 0.501 e. The molecule has 0 fully saturated rings. The molecule has 2 aromatic rings. The Morgan fingerprint density at radius 2 is 2.05 bits per heavy atom. The van der Waals surface area contributed by atoms with Crippen molar-refractivity contribution in [2.75, 3.05) is 7.11 Å². The summed E-state index contributed by atoms with van der Waals surface area (Å²) in [4.78, 5) is 29.1. The van der Waals surface area contributed by atoms with E-state index < -0.39 is 23.0 Å². The van der Waals surface area contributed by atoms with Gasteiger partial charge in [-0.2, -0.15) is 0 Å². The van der Waals surface area contributed by atoms with Crippen molar-refractivity contribution < 1.29 is 19.0 Å². The van der Waals surface area contributed by atoms with Crippen LogP contribution in [0, 0.1) is 5.82 Å². The van der Waals surface area contributed by atoms with E-state index in [1.165, 1.54) is 24.3 Å². The standard InChI is InChI=1S/C13H11FN2O4/c1-20-13(19)10-11(17)12(18)16-9(15-10)6-7-2-4-8(14)5-3-7/h2-5,17H,6H2,1H3,(H,15,16,18). The van der Waals surface area contributed by atoms with Crippen LogP contribution in [-0.4, -0.2) is 28.2 Å². The van der Waals surface area contributed by atoms with Crippen molar-refractivity contribution in [3.63, 3.8) is 0 Å². The molecule has 104 valence electrons. The van der Waals surface area contributed by atoms with Gasteiger partial charge in [-0.15, -0.1) is 0 Å². The minimum atomic E-state index is -0.908. The highest BCUT2D eigenvalue weighted by atomic mass is 19.1. The maximum atomic E-state index is 12.8. The Morgan fingerprint density at radius 1 is 1.40 bits per heavy atom. The smallest absolute Gasteiger partial charge is 0.360 e. The predicted molar refractivity (Wildman–Crippen MR) is 67.1 cm³/mol. The molecule has 1 aromatic heterocycles. The number of nitrogens with one attached hydrogen (secondary N) is 1. The van der Waals surface area contributed by atoms with Gasteiger partial charge in [0.05, 0.1) is 7.11 Å². The minimum absolute atomic E-state index is 0.166. The Bertz CT molecular complexity index is 695. The first-order valence-corrected chi connectivity index (χ1v) is 5.66. The molecule has 0 radical (unpaired) electrons. The van der Waals surface area contributed by atoms with Crippen molar-refractivity contribution >= 4 is 5.97 Å². The van der Waals surface area contributed by atoms with Crippen molar-refractivity contribution in [3.8, 4) is 5.75 Å². The first-order chi connectivity index (χ1) is 9.51. The topological polar surface area (TPSA) is 92.3 Å². The van der Waals surface area contributed by atoms with Gasteiger partial charge in [-0.25, -0.2) is 14.2 Å². The summed E-state index contributed by atoms with van der Waals surface area (Å²) in [5, 5.41) is 9.47. The fourth-order valence-corrected chi connectivity index (χ4v) is 1.63. The zero-order chi connectivity index (χ0) is 14.7. The molecule has 0 aliphatic heterocycles. The van der Waals surface area contributed by atoms with Gasteiger partial charge in [-0.3, -0.25) is 4.79 Å². The Kier molecular flexibility index (Phi) is 3.79. The molecule has 2 N–H and O–H groups in total. The number of ether oxygens (including phenoxy) is 1. The number of carbonyl (C=O) groups excluding carboxylic acids is 1. The van der Waals surface area contributed by atoms with Crippen molar-refractivity contribution in [1.29, 1.82) is 0 Å². The third-order valence-corrected chi connectivity index (χ3v) is 2.61. The molecule has 0 amide bonds. The number of hydrogen-bond acceptors (Lipinski definition) is 5. The van der Waals surface area contributed by atoms with Gasteiger partial charge in [-0.05, 0) is 17.7 Å². The lowest BCUT2D eigenvalue weighted by Gasteiger charge is -2.05. The lowest BCUT2D eigenvalue weighted by molar-refractivity contribution is 0.0589. The van der Waals surface area contributed by atoms with Crippen LogP contribution in [-0.2, 0) is 11.2 Å². The number of aromatic amines is 1. The number of halogens is 1. The van der Waals surface area contributed by atoms with Crippen molar-refractivity contribution in [3.05, 3.63) is 57.5 Å². The summed E-state index contributed by atoms with van der Waals surface area (Å²) in [5.74, 6) is -1.91. The molecule has 0 unspecified atom stereocenters. The van der Waals surface area contributed by atoms with E-state index in [-0.39, 0.29) is 18.1 Å². The van der Waals surface area contributed by atoms with E-state index >= 15 is 0 Å². The lowest BCUT2D eigenvalue weighted by atomic mass is 10.1. The molecule has 0 bridgehead atoms. The molecule has 0 spiro atoms. The molecule has 7 heteroatoms. The van der Waals surface area contributed by atoms with Crippen LogP contribution < -0.4 is 5.56 Å². The third kappa shape index (κ3) is 2.82. The Balaban J connectivity index is 2.38. The van der Waals surface area contributed by atoms with Crippen LogP contribution >= 0.6 is 0 Å². The van der Waals surface area contributed by atoms with E-state index in [1.54, 1.807) is 0 Å². The maximum Gasteiger partial charge on any atom is 0.360 e. The molecule has 6 nitrogen and oxygen atoms in total. The van der Waals surface area contributed by atoms with Crippen LogP contribution in [0.2, 0.25) is 0 Å². The second-order valence-electron chi connectivity index (χ2n) is 4.00. The fourth-order valence-electron chi connectivity index (χ4n) is 1.63. The zero-order valence-corrected chi connectivity index (χ0v) is 10.5. The highest BCUT2D eigenvalue weighted by Crippen LogP contribution is 2.12. The van der Waals surface area contributed by atoms with Gasteiger partial charge in [0.1, 0.15) is 11.6 Å². The number of aromatic nitrogens is 2. The fraction of sp³-hybridized carbons (Fsp3) is 0.154. The highest BCUT2D eigenvalue weighted by Gasteiger charge is 2.18. The van der Waals surface area contributed by atoms with Crippen molar-refractivity contribution in [2.45, 2.75) is 6.42 Å². The predicted octanol–water partition coefficient (Wildman–Crippen LogP) is 0.992. The van der Waals surface area contributed by atoms with Crippen molar-refractivity contribution in [2.24, 2.45) is 0 Å². The summed E-state index contributed by atoms with van der Waals surface area (Å²) in [6.07, 6.45) is 0.180. The molecular formula is C13H11FN2O4. The number of nitrogens with zero attached hydrogens (tertiary/aromatic N) is 1. The average molecular weight is 278 g/mol. The van der Waals surface area contributed by atoms with E-state index in [0.29, 0.717) is 5.56 Å². The Morgan fingerprint density at radius 3 is 2.65 bits per heavy atom. The number of methoxy groups -OCH3 is 1. The second-order valence-corrected chi connectivity index (χ2v) is 4.00. The number of H-pyrrole nitrogens is 1. The van der Waals surface area contributed by atoms with Crippen LogP contribution in [0.3, 0.4) is 0 Å². The molecule has 1 heterocycles. The van der Waals surface area contributed by atoms with Gasteiger partial charge in [0.25, 0.3) is 5.56 Å². The summed E-state index contributed by atoms with van der Waals surface area (Å²) in [6, 6.07) is 5.60. The van der Waals surface area contributed by atoms with E-state index in [0.717, 1.165) is 7.11 Å². The number of benzene rings is 1. The molecule has 1 aromatic carbocycles.